The highest BCUT2D eigenvalue weighted by Gasteiger charge is 2.58. The average Bonchev–Trinajstić information content (AvgIpc) is 2.27. The Kier molecular flexibility index (Phi) is 3.78. The normalized spacial score (nSPS) is 12.1. The lowest BCUT2D eigenvalue weighted by atomic mass is 10.1. The number of nitrogens with one attached hydrogen (secondary N) is 1. The van der Waals surface area contributed by atoms with Crippen LogP contribution in [0.15, 0.2) is 24.3 Å². The van der Waals surface area contributed by atoms with Crippen LogP contribution in [0.3, 0.4) is 0 Å². The smallest absolute Gasteiger partial charge is 0.446 e. The first-order valence-electron chi connectivity index (χ1n) is 4.46. The van der Waals surface area contributed by atoms with E-state index in [0.717, 1.165) is 12.1 Å². The molecule has 1 aromatic carbocycles. The molecule has 8 heteroatoms. The third-order valence-corrected chi connectivity index (χ3v) is 1.96. The van der Waals surface area contributed by atoms with E-state index in [1.54, 1.807) is 0 Å². The number of amides is 1. The Hall–Kier alpha value is -1.86. The van der Waals surface area contributed by atoms with E-state index in [0.29, 0.717) is 12.1 Å². The summed E-state index contributed by atoms with van der Waals surface area (Å²) in [5.74, 6) is -5.00. The molecule has 1 amide bonds. The number of anilines is 1. The highest BCUT2D eigenvalue weighted by Crippen LogP contribution is 2.44. The third-order valence-electron chi connectivity index (χ3n) is 1.96. The van der Waals surface area contributed by atoms with Gasteiger partial charge in [0.25, 0.3) is 0 Å². The van der Waals surface area contributed by atoms with Gasteiger partial charge in [-0.25, -0.2) is 4.79 Å². The quantitative estimate of drug-likeness (QED) is 0.831. The molecule has 1 N–H and O–H groups in total. The molecular weight excluding hydrogens is 261 g/mol. The lowest BCUT2D eigenvalue weighted by Crippen LogP contribution is -2.33. The number of carbonyl (C=O) groups is 1. The van der Waals surface area contributed by atoms with E-state index in [1.165, 1.54) is 0 Å². The van der Waals surface area contributed by atoms with Crippen LogP contribution in [0.2, 0.25) is 0 Å². The zero-order valence-corrected chi connectivity index (χ0v) is 8.72. The predicted molar refractivity (Wildman–Crippen MR) is 51.9 cm³/mol. The van der Waals surface area contributed by atoms with Crippen molar-refractivity contribution in [3.8, 4) is 0 Å². The van der Waals surface area contributed by atoms with Crippen LogP contribution in [-0.4, -0.2) is 12.3 Å². The van der Waals surface area contributed by atoms with Crippen LogP contribution in [0.4, 0.5) is 32.4 Å². The molecule has 0 heterocycles. The summed E-state index contributed by atoms with van der Waals surface area (Å²) in [6, 6.07) is 3.19. The highest BCUT2D eigenvalue weighted by molar-refractivity contribution is 5.84. The number of hydrogen-bond acceptors (Lipinski definition) is 2. The number of alkyl halides is 5. The summed E-state index contributed by atoms with van der Waals surface area (Å²) in [6.45, 7) is 0. The number of carbonyl (C=O) groups excluding carboxylic acids is 1. The fourth-order valence-electron chi connectivity index (χ4n) is 1.11. The molecule has 0 fully saturated rings. The van der Waals surface area contributed by atoms with Gasteiger partial charge in [0.2, 0.25) is 0 Å². The van der Waals surface area contributed by atoms with Crippen LogP contribution in [-0.2, 0) is 10.7 Å². The standard InChI is InChI=1S/C10H7F5NO2/c1-18-8(17)16-7-4-2-3-6(5-7)9(11,12)10(13,14)15/h2-5H,1H2,(H,16,17). The minimum absolute atomic E-state index is 0.259. The van der Waals surface area contributed by atoms with Crippen molar-refractivity contribution in [2.24, 2.45) is 0 Å². The largest absolute Gasteiger partial charge is 0.458 e. The van der Waals surface area contributed by atoms with Gasteiger partial charge in [-0.3, -0.25) is 5.32 Å². The second-order valence-electron chi connectivity index (χ2n) is 3.21. The predicted octanol–water partition coefficient (Wildman–Crippen LogP) is 3.68. The lowest BCUT2D eigenvalue weighted by molar-refractivity contribution is -0.289. The van der Waals surface area contributed by atoms with Crippen LogP contribution in [0.5, 0.6) is 0 Å². The van der Waals surface area contributed by atoms with E-state index in [9.17, 15) is 26.7 Å². The SMILES string of the molecule is [CH2]OC(=O)Nc1cccc(C(F)(F)C(F)(F)F)c1. The molecule has 0 aliphatic heterocycles. The maximum Gasteiger partial charge on any atom is 0.458 e. The molecule has 0 aliphatic carbocycles. The van der Waals surface area contributed by atoms with Crippen molar-refractivity contribution in [3.05, 3.63) is 36.9 Å². The summed E-state index contributed by atoms with van der Waals surface area (Å²) in [7, 11) is 2.75. The van der Waals surface area contributed by atoms with E-state index in [1.807, 2.05) is 5.32 Å². The minimum Gasteiger partial charge on any atom is -0.446 e. The molecule has 0 saturated heterocycles. The van der Waals surface area contributed by atoms with Gasteiger partial charge in [0, 0.05) is 11.3 Å². The molecule has 0 atom stereocenters. The van der Waals surface area contributed by atoms with Gasteiger partial charge >= 0.3 is 18.2 Å². The van der Waals surface area contributed by atoms with Crippen molar-refractivity contribution in [2.75, 3.05) is 5.32 Å². The van der Waals surface area contributed by atoms with Crippen LogP contribution in [0.1, 0.15) is 5.56 Å². The Bertz CT molecular complexity index is 444. The van der Waals surface area contributed by atoms with Gasteiger partial charge in [0.1, 0.15) is 7.11 Å². The van der Waals surface area contributed by atoms with Crippen molar-refractivity contribution >= 4 is 11.8 Å². The summed E-state index contributed by atoms with van der Waals surface area (Å²) in [6.07, 6.45) is -6.79. The zero-order chi connectivity index (χ0) is 14.0. The van der Waals surface area contributed by atoms with Crippen molar-refractivity contribution in [1.82, 2.24) is 0 Å². The molecule has 1 radical (unpaired) electrons. The number of rotatable bonds is 2. The monoisotopic (exact) mass is 268 g/mol. The second-order valence-corrected chi connectivity index (χ2v) is 3.21. The number of halogens is 5. The molecule has 0 aromatic heterocycles. The molecule has 99 valence electrons. The Morgan fingerprint density at radius 3 is 2.33 bits per heavy atom. The van der Waals surface area contributed by atoms with Crippen LogP contribution in [0, 0.1) is 7.11 Å². The topological polar surface area (TPSA) is 38.3 Å². The van der Waals surface area contributed by atoms with Gasteiger partial charge in [0.05, 0.1) is 0 Å². The highest BCUT2D eigenvalue weighted by atomic mass is 19.4. The van der Waals surface area contributed by atoms with Gasteiger partial charge < -0.3 is 4.74 Å². The summed E-state index contributed by atoms with van der Waals surface area (Å²) in [4.78, 5) is 10.7. The number of hydrogen-bond donors (Lipinski definition) is 1. The molecule has 0 spiro atoms. The Morgan fingerprint density at radius 2 is 1.83 bits per heavy atom. The molecule has 0 unspecified atom stereocenters. The number of benzene rings is 1. The minimum atomic E-state index is -5.71. The molecule has 18 heavy (non-hydrogen) atoms. The molecule has 0 bridgehead atoms. The molecule has 0 saturated carbocycles. The van der Waals surface area contributed by atoms with Gasteiger partial charge in [0.15, 0.2) is 0 Å². The first kappa shape index (κ1) is 14.2. The Labute approximate surface area is 98.5 Å². The van der Waals surface area contributed by atoms with Crippen molar-refractivity contribution in [2.45, 2.75) is 12.1 Å². The maximum absolute atomic E-state index is 13.0. The fourth-order valence-corrected chi connectivity index (χ4v) is 1.11. The van der Waals surface area contributed by atoms with E-state index in [-0.39, 0.29) is 5.69 Å². The van der Waals surface area contributed by atoms with E-state index < -0.39 is 23.8 Å². The first-order chi connectivity index (χ1) is 8.18. The van der Waals surface area contributed by atoms with Crippen molar-refractivity contribution in [1.29, 1.82) is 0 Å². The molecule has 1 aromatic rings. The summed E-state index contributed by atoms with van der Waals surface area (Å²) < 4.78 is 66.2. The van der Waals surface area contributed by atoms with E-state index in [2.05, 4.69) is 11.8 Å². The van der Waals surface area contributed by atoms with Crippen molar-refractivity contribution < 1.29 is 31.5 Å². The van der Waals surface area contributed by atoms with E-state index >= 15 is 0 Å². The molecular formula is C10H7F5NO2. The number of ether oxygens (including phenoxy) is 1. The lowest BCUT2D eigenvalue weighted by Gasteiger charge is -2.20. The summed E-state index contributed by atoms with van der Waals surface area (Å²) in [5.41, 5.74) is -1.54. The first-order valence-corrected chi connectivity index (χ1v) is 4.46. The summed E-state index contributed by atoms with van der Waals surface area (Å²) >= 11 is 0. The van der Waals surface area contributed by atoms with Crippen LogP contribution >= 0.6 is 0 Å². The van der Waals surface area contributed by atoms with Crippen LogP contribution < -0.4 is 5.32 Å². The zero-order valence-electron chi connectivity index (χ0n) is 8.72. The van der Waals surface area contributed by atoms with Crippen molar-refractivity contribution in [3.63, 3.8) is 0 Å². The Morgan fingerprint density at radius 1 is 1.22 bits per heavy atom. The average molecular weight is 268 g/mol. The van der Waals surface area contributed by atoms with Gasteiger partial charge in [-0.2, -0.15) is 22.0 Å². The molecule has 3 nitrogen and oxygen atoms in total. The van der Waals surface area contributed by atoms with E-state index in [4.69, 9.17) is 0 Å². The Balaban J connectivity index is 3.06. The second kappa shape index (κ2) is 4.79. The molecule has 1 rings (SSSR count). The fraction of sp³-hybridized carbons (Fsp3) is 0.200. The third kappa shape index (κ3) is 2.88. The van der Waals surface area contributed by atoms with Gasteiger partial charge in [-0.15, -0.1) is 0 Å². The maximum atomic E-state index is 13.0. The van der Waals surface area contributed by atoms with Gasteiger partial charge in [-0.05, 0) is 12.1 Å². The molecule has 0 aliphatic rings. The van der Waals surface area contributed by atoms with Crippen LogP contribution in [0.25, 0.3) is 0 Å². The summed E-state index contributed by atoms with van der Waals surface area (Å²) in [5, 5.41) is 1.93. The van der Waals surface area contributed by atoms with Gasteiger partial charge in [-0.1, -0.05) is 12.1 Å².